The monoisotopic (exact) mass is 524 g/mol. The molecule has 0 bridgehead atoms. The second kappa shape index (κ2) is 6.80. The molecule has 1 rings (SSSR count). The van der Waals surface area contributed by atoms with Crippen LogP contribution in [0.3, 0.4) is 0 Å². The number of halogens is 20. The lowest BCUT2D eigenvalue weighted by atomic mass is 9.59. The first-order chi connectivity index (χ1) is 13.5. The van der Waals surface area contributed by atoms with Crippen LogP contribution in [0.5, 0.6) is 0 Å². The molecule has 0 unspecified atom stereocenters. The van der Waals surface area contributed by atoms with Crippen molar-refractivity contribution in [3.05, 3.63) is 22.5 Å². The van der Waals surface area contributed by atoms with Crippen LogP contribution < -0.4 is 0 Å². The van der Waals surface area contributed by atoms with Crippen LogP contribution >= 0.6 is 0 Å². The fourth-order valence-electron chi connectivity index (χ4n) is 2.83. The van der Waals surface area contributed by atoms with Crippen molar-refractivity contribution in [2.24, 2.45) is 5.41 Å². The van der Waals surface area contributed by atoms with Crippen molar-refractivity contribution in [3.63, 3.8) is 0 Å². The van der Waals surface area contributed by atoms with E-state index >= 15 is 0 Å². The third kappa shape index (κ3) is 3.56. The van der Waals surface area contributed by atoms with E-state index in [1.807, 2.05) is 0 Å². The lowest BCUT2D eigenvalue weighted by Gasteiger charge is -2.49. The van der Waals surface area contributed by atoms with E-state index in [-0.39, 0.29) is 0 Å². The highest BCUT2D eigenvalue weighted by Gasteiger charge is 2.88. The molecule has 0 nitrogen and oxygen atoms in total. The smallest absolute Gasteiger partial charge is 0.218 e. The molecule has 0 atom stereocenters. The Morgan fingerprint density at radius 2 is 0.844 bits per heavy atom. The third-order valence-corrected chi connectivity index (χ3v) is 3.98. The standard InChI is InChI=1S/C12F20/c13-2-1(3(7(15,16)17)6(14,11(27,28)29)12(30,31)32)5(9(21,22)23,10(24,25)26)4(2)8(18,19)20/b3-1-. The van der Waals surface area contributed by atoms with Crippen LogP contribution in [-0.4, -0.2) is 42.7 Å². The molecule has 0 aromatic rings. The maximum absolute atomic E-state index is 13.9. The van der Waals surface area contributed by atoms with Gasteiger partial charge in [-0.1, -0.05) is 0 Å². The summed E-state index contributed by atoms with van der Waals surface area (Å²) in [6.07, 6.45) is -47.0. The second-order valence-corrected chi connectivity index (χ2v) is 5.83. The van der Waals surface area contributed by atoms with Crippen LogP contribution in [0.2, 0.25) is 0 Å². The maximum Gasteiger partial charge on any atom is 0.435 e. The summed E-state index contributed by atoms with van der Waals surface area (Å²) in [5.41, 5.74) is -30.8. The minimum Gasteiger partial charge on any atom is -0.218 e. The molecule has 0 aromatic heterocycles. The van der Waals surface area contributed by atoms with E-state index in [0.29, 0.717) is 0 Å². The summed E-state index contributed by atoms with van der Waals surface area (Å²) in [5.74, 6) is -4.46. The molecular weight excluding hydrogens is 524 g/mol. The van der Waals surface area contributed by atoms with Crippen LogP contribution in [-0.2, 0) is 0 Å². The van der Waals surface area contributed by atoms with Crippen molar-refractivity contribution in [2.45, 2.75) is 42.7 Å². The topological polar surface area (TPSA) is 0 Å². The summed E-state index contributed by atoms with van der Waals surface area (Å²) in [5, 5.41) is 0. The second-order valence-electron chi connectivity index (χ2n) is 5.83. The highest BCUT2D eigenvalue weighted by atomic mass is 19.4. The normalized spacial score (nSPS) is 21.0. The van der Waals surface area contributed by atoms with E-state index in [2.05, 4.69) is 0 Å². The number of alkyl halides is 19. The average Bonchev–Trinajstić information content (AvgIpc) is 2.40. The quantitative estimate of drug-likeness (QED) is 0.311. The summed E-state index contributed by atoms with van der Waals surface area (Å²) >= 11 is 0. The lowest BCUT2D eigenvalue weighted by Crippen LogP contribution is -2.65. The van der Waals surface area contributed by atoms with E-state index < -0.39 is 70.7 Å². The van der Waals surface area contributed by atoms with Crippen LogP contribution in [0.1, 0.15) is 0 Å². The molecular formula is C12F20. The molecule has 0 amide bonds. The first-order valence-electron chi connectivity index (χ1n) is 6.78. The Hall–Kier alpha value is -1.92. The summed E-state index contributed by atoms with van der Waals surface area (Å²) in [4.78, 5) is 0. The Balaban J connectivity index is 4.64. The molecule has 1 aliphatic rings. The average molecular weight is 524 g/mol. The van der Waals surface area contributed by atoms with E-state index in [4.69, 9.17) is 0 Å². The van der Waals surface area contributed by atoms with Crippen LogP contribution in [0.15, 0.2) is 22.5 Å². The zero-order valence-electron chi connectivity index (χ0n) is 13.6. The van der Waals surface area contributed by atoms with Crippen molar-refractivity contribution in [3.8, 4) is 0 Å². The Morgan fingerprint density at radius 1 is 0.531 bits per heavy atom. The molecule has 0 N–H and O–H groups in total. The molecule has 0 heterocycles. The van der Waals surface area contributed by atoms with Gasteiger partial charge >= 0.3 is 42.7 Å². The van der Waals surface area contributed by atoms with Gasteiger partial charge in [0.25, 0.3) is 0 Å². The van der Waals surface area contributed by atoms with Crippen molar-refractivity contribution < 1.29 is 87.8 Å². The first kappa shape index (κ1) is 28.1. The highest BCUT2D eigenvalue weighted by Crippen LogP contribution is 2.74. The van der Waals surface area contributed by atoms with Crippen molar-refractivity contribution in [1.82, 2.24) is 0 Å². The largest absolute Gasteiger partial charge is 0.435 e. The fraction of sp³-hybridized carbons (Fsp3) is 0.667. The molecule has 20 heteroatoms. The van der Waals surface area contributed by atoms with E-state index in [1.165, 1.54) is 0 Å². The third-order valence-electron chi connectivity index (χ3n) is 3.98. The summed E-state index contributed by atoms with van der Waals surface area (Å²) in [6, 6.07) is 0. The minimum atomic E-state index is -8.20. The van der Waals surface area contributed by atoms with Gasteiger partial charge in [-0.15, -0.1) is 0 Å². The van der Waals surface area contributed by atoms with Gasteiger partial charge in [0.05, 0.1) is 11.1 Å². The van der Waals surface area contributed by atoms with Crippen molar-refractivity contribution >= 4 is 0 Å². The summed E-state index contributed by atoms with van der Waals surface area (Å²) in [6.45, 7) is 0. The number of allylic oxidation sites excluding steroid dienone is 4. The number of hydrogen-bond donors (Lipinski definition) is 0. The molecule has 0 saturated heterocycles. The molecule has 0 aromatic carbocycles. The van der Waals surface area contributed by atoms with E-state index in [0.717, 1.165) is 0 Å². The summed E-state index contributed by atoms with van der Waals surface area (Å²) < 4.78 is 259. The predicted molar refractivity (Wildman–Crippen MR) is 57.8 cm³/mol. The predicted octanol–water partition coefficient (Wildman–Crippen LogP) is 7.59. The Labute approximate surface area is 160 Å². The van der Waals surface area contributed by atoms with Gasteiger partial charge in [-0.25, -0.2) is 8.78 Å². The lowest BCUT2D eigenvalue weighted by molar-refractivity contribution is -0.347. The molecule has 188 valence electrons. The maximum atomic E-state index is 13.9. The van der Waals surface area contributed by atoms with Crippen LogP contribution in [0, 0.1) is 5.41 Å². The van der Waals surface area contributed by atoms with Crippen LogP contribution in [0.25, 0.3) is 0 Å². The zero-order valence-corrected chi connectivity index (χ0v) is 13.6. The van der Waals surface area contributed by atoms with Gasteiger partial charge in [0.15, 0.2) is 0 Å². The summed E-state index contributed by atoms with van der Waals surface area (Å²) in [7, 11) is 0. The Bertz CT molecular complexity index is 784. The van der Waals surface area contributed by atoms with E-state index in [9.17, 15) is 87.8 Å². The molecule has 1 aliphatic carbocycles. The molecule has 0 radical (unpaired) electrons. The molecule has 0 aliphatic heterocycles. The number of hydrogen-bond acceptors (Lipinski definition) is 0. The van der Waals surface area contributed by atoms with Gasteiger partial charge < -0.3 is 0 Å². The molecule has 0 fully saturated rings. The van der Waals surface area contributed by atoms with Gasteiger partial charge in [-0.05, 0) is 0 Å². The first-order valence-corrected chi connectivity index (χ1v) is 6.78. The Kier molecular flexibility index (Phi) is 5.97. The van der Waals surface area contributed by atoms with Crippen molar-refractivity contribution in [1.29, 1.82) is 0 Å². The van der Waals surface area contributed by atoms with Gasteiger partial charge in [0.1, 0.15) is 5.83 Å². The van der Waals surface area contributed by atoms with Crippen LogP contribution in [0.4, 0.5) is 87.8 Å². The fourth-order valence-corrected chi connectivity index (χ4v) is 2.83. The molecule has 0 spiro atoms. The number of rotatable bonds is 1. The zero-order chi connectivity index (χ0) is 26.3. The van der Waals surface area contributed by atoms with Gasteiger partial charge in [0.2, 0.25) is 5.41 Å². The minimum absolute atomic E-state index is 4.46. The van der Waals surface area contributed by atoms with Crippen molar-refractivity contribution in [2.75, 3.05) is 0 Å². The molecule has 32 heavy (non-hydrogen) atoms. The SMILES string of the molecule is FC1=C(C(F)(F)F)C(C(F)(F)F)(C(F)(F)F)/C1=C(\C(F)(F)F)C(F)(C(F)(F)F)C(F)(F)F. The van der Waals surface area contributed by atoms with Gasteiger partial charge in [-0.3, -0.25) is 0 Å². The Morgan fingerprint density at radius 3 is 1.03 bits per heavy atom. The van der Waals surface area contributed by atoms with Gasteiger partial charge in [0, 0.05) is 5.57 Å². The molecule has 0 saturated carbocycles. The van der Waals surface area contributed by atoms with E-state index in [1.54, 1.807) is 0 Å². The highest BCUT2D eigenvalue weighted by molar-refractivity contribution is 5.63. The van der Waals surface area contributed by atoms with Gasteiger partial charge in [-0.2, -0.15) is 79.0 Å².